The van der Waals surface area contributed by atoms with E-state index in [4.69, 9.17) is 5.10 Å². The predicted octanol–water partition coefficient (Wildman–Crippen LogP) is 2.02. The highest BCUT2D eigenvalue weighted by Crippen LogP contribution is 2.35. The molecule has 1 aliphatic heterocycles. The first kappa shape index (κ1) is 18.9. The maximum Gasteiger partial charge on any atom is 0.282 e. The number of halogens is 2. The summed E-state index contributed by atoms with van der Waals surface area (Å²) in [5.74, 6) is 1.66. The molecule has 9 nitrogen and oxygen atoms in total. The van der Waals surface area contributed by atoms with Gasteiger partial charge in [0.2, 0.25) is 0 Å². The van der Waals surface area contributed by atoms with Crippen molar-refractivity contribution in [3.05, 3.63) is 35.4 Å². The van der Waals surface area contributed by atoms with Gasteiger partial charge in [-0.2, -0.15) is 9.61 Å². The van der Waals surface area contributed by atoms with Gasteiger partial charge in [0.15, 0.2) is 11.5 Å². The Morgan fingerprint density at radius 3 is 2.63 bits per heavy atom. The number of rotatable bonds is 5. The second-order valence-electron chi connectivity index (χ2n) is 8.02. The number of nitrogens with zero attached hydrogens (tertiary/aromatic N) is 8. The summed E-state index contributed by atoms with van der Waals surface area (Å²) >= 11 is 0. The van der Waals surface area contributed by atoms with Crippen LogP contribution in [-0.2, 0) is 7.05 Å². The molecule has 11 heteroatoms. The number of amides is 1. The van der Waals surface area contributed by atoms with Crippen LogP contribution >= 0.6 is 0 Å². The van der Waals surface area contributed by atoms with Gasteiger partial charge in [0.25, 0.3) is 12.3 Å². The summed E-state index contributed by atoms with van der Waals surface area (Å²) in [6.07, 6.45) is 1.99. The van der Waals surface area contributed by atoms with Crippen LogP contribution in [-0.4, -0.2) is 66.6 Å². The molecule has 1 amide bonds. The summed E-state index contributed by atoms with van der Waals surface area (Å²) in [6.45, 7) is 1.15. The Morgan fingerprint density at radius 2 is 1.97 bits per heavy atom. The average molecular weight is 416 g/mol. The Labute approximate surface area is 171 Å². The molecule has 0 atom stereocenters. The van der Waals surface area contributed by atoms with Gasteiger partial charge in [0.1, 0.15) is 11.5 Å². The van der Waals surface area contributed by atoms with Crippen LogP contribution in [0, 0.1) is 0 Å². The van der Waals surface area contributed by atoms with Gasteiger partial charge in [-0.25, -0.2) is 8.78 Å². The highest BCUT2D eigenvalue weighted by Gasteiger charge is 2.36. The van der Waals surface area contributed by atoms with Crippen LogP contribution in [0.25, 0.3) is 5.65 Å². The maximum absolute atomic E-state index is 13.2. The van der Waals surface area contributed by atoms with E-state index >= 15 is 0 Å². The summed E-state index contributed by atoms with van der Waals surface area (Å²) in [7, 11) is 3.16. The monoisotopic (exact) mass is 416 g/mol. The van der Waals surface area contributed by atoms with E-state index in [1.165, 1.54) is 29.2 Å². The van der Waals surface area contributed by atoms with Crippen molar-refractivity contribution < 1.29 is 13.6 Å². The number of aromatic nitrogens is 6. The molecule has 0 unspecified atom stereocenters. The van der Waals surface area contributed by atoms with Crippen LogP contribution in [0.5, 0.6) is 0 Å². The topological polar surface area (TPSA) is 84.5 Å². The fourth-order valence-corrected chi connectivity index (χ4v) is 3.96. The molecule has 4 heterocycles. The van der Waals surface area contributed by atoms with Crippen molar-refractivity contribution in [3.8, 4) is 0 Å². The van der Waals surface area contributed by atoms with Crippen LogP contribution in [0.1, 0.15) is 53.5 Å². The molecular weight excluding hydrogens is 394 g/mol. The third-order valence-electron chi connectivity index (χ3n) is 6.09. The van der Waals surface area contributed by atoms with Crippen molar-refractivity contribution in [1.82, 2.24) is 34.5 Å². The molecule has 158 valence electrons. The largest absolute Gasteiger partial charge is 0.351 e. The van der Waals surface area contributed by atoms with Gasteiger partial charge in [0.05, 0.1) is 11.6 Å². The molecule has 1 saturated carbocycles. The zero-order valence-electron chi connectivity index (χ0n) is 16.7. The molecule has 0 bridgehead atoms. The van der Waals surface area contributed by atoms with Crippen molar-refractivity contribution in [2.75, 3.05) is 25.0 Å². The highest BCUT2D eigenvalue weighted by molar-refractivity contribution is 5.95. The Balaban J connectivity index is 1.29. The molecule has 30 heavy (non-hydrogen) atoms. The molecule has 2 aliphatic rings. The fraction of sp³-hybridized carbons (Fsp3) is 0.526. The number of anilines is 1. The molecule has 1 saturated heterocycles. The zero-order chi connectivity index (χ0) is 21.0. The molecule has 3 aromatic heterocycles. The van der Waals surface area contributed by atoms with E-state index in [0.29, 0.717) is 19.0 Å². The lowest BCUT2D eigenvalue weighted by atomic mass is 9.85. The molecule has 5 rings (SSSR count). The molecule has 2 fully saturated rings. The Bertz CT molecular complexity index is 1100. The van der Waals surface area contributed by atoms with E-state index < -0.39 is 18.0 Å². The molecule has 0 N–H and O–H groups in total. The van der Waals surface area contributed by atoms with Gasteiger partial charge in [-0.15, -0.1) is 15.3 Å². The van der Waals surface area contributed by atoms with Gasteiger partial charge in [0, 0.05) is 39.3 Å². The first-order valence-corrected chi connectivity index (χ1v) is 9.98. The highest BCUT2D eigenvalue weighted by atomic mass is 19.3. The fourth-order valence-electron chi connectivity index (χ4n) is 3.96. The van der Waals surface area contributed by atoms with Gasteiger partial charge in [-0.05, 0) is 25.0 Å². The van der Waals surface area contributed by atoms with Crippen molar-refractivity contribution >= 4 is 17.4 Å². The maximum atomic E-state index is 13.2. The quantitative estimate of drug-likeness (QED) is 0.633. The minimum Gasteiger partial charge on any atom is -0.351 e. The van der Waals surface area contributed by atoms with Crippen molar-refractivity contribution in [2.45, 2.75) is 37.6 Å². The van der Waals surface area contributed by atoms with E-state index in [-0.39, 0.29) is 11.6 Å². The van der Waals surface area contributed by atoms with Gasteiger partial charge < -0.3 is 9.80 Å². The van der Waals surface area contributed by atoms with E-state index in [0.717, 1.165) is 30.1 Å². The molecule has 3 aromatic rings. The first-order valence-electron chi connectivity index (χ1n) is 9.98. The Hall–Kier alpha value is -3.11. The number of hydrogen-bond acceptors (Lipinski definition) is 6. The van der Waals surface area contributed by atoms with Gasteiger partial charge in [-0.1, -0.05) is 6.42 Å². The van der Waals surface area contributed by atoms with Gasteiger partial charge >= 0.3 is 0 Å². The smallest absolute Gasteiger partial charge is 0.282 e. The minimum atomic E-state index is -2.79. The lowest BCUT2D eigenvalue weighted by molar-refractivity contribution is 0.0693. The second-order valence-corrected chi connectivity index (χ2v) is 8.02. The third-order valence-corrected chi connectivity index (χ3v) is 6.09. The van der Waals surface area contributed by atoms with Crippen molar-refractivity contribution in [2.24, 2.45) is 7.05 Å². The first-order chi connectivity index (χ1) is 14.4. The number of aryl methyl sites for hydroxylation is 1. The number of alkyl halides is 2. The standard InChI is InChI=1S/C19H22F2N8O/c1-26-10-13(16(25-26)17(20)21)19(30)27(2)12-8-28(9-12)15-7-6-14-22-23-18(29(14)24-15)11-4-3-5-11/h6-7,10-12,17H,3-5,8-9H2,1-2H3. The Kier molecular flexibility index (Phi) is 4.40. The van der Waals surface area contributed by atoms with E-state index in [1.807, 2.05) is 16.6 Å². The van der Waals surface area contributed by atoms with Crippen LogP contribution < -0.4 is 4.90 Å². The number of carbonyl (C=O) groups is 1. The van der Waals surface area contributed by atoms with Crippen LogP contribution in [0.4, 0.5) is 14.6 Å². The number of hydrogen-bond donors (Lipinski definition) is 0. The Morgan fingerprint density at radius 1 is 1.20 bits per heavy atom. The summed E-state index contributed by atoms with van der Waals surface area (Å²) in [5.41, 5.74) is 0.192. The summed E-state index contributed by atoms with van der Waals surface area (Å²) < 4.78 is 29.4. The number of likely N-dealkylation sites (N-methyl/N-ethyl adjacent to an activating group) is 1. The summed E-state index contributed by atoms with van der Waals surface area (Å²) in [4.78, 5) is 16.3. The van der Waals surface area contributed by atoms with Crippen LogP contribution in [0.2, 0.25) is 0 Å². The summed E-state index contributed by atoms with van der Waals surface area (Å²) in [5, 5.41) is 16.9. The normalized spacial score (nSPS) is 17.4. The molecule has 1 aliphatic carbocycles. The van der Waals surface area contributed by atoms with Gasteiger partial charge in [-0.3, -0.25) is 9.48 Å². The zero-order valence-corrected chi connectivity index (χ0v) is 16.7. The molecule has 0 radical (unpaired) electrons. The van der Waals surface area contributed by atoms with E-state index in [2.05, 4.69) is 20.2 Å². The lowest BCUT2D eigenvalue weighted by Crippen LogP contribution is -2.60. The minimum absolute atomic E-state index is 0.0531. The second kappa shape index (κ2) is 6.99. The molecule has 0 spiro atoms. The summed E-state index contributed by atoms with van der Waals surface area (Å²) in [6, 6.07) is 3.69. The third kappa shape index (κ3) is 2.99. The average Bonchev–Trinajstić information content (AvgIpc) is 3.22. The van der Waals surface area contributed by atoms with E-state index in [9.17, 15) is 13.6 Å². The number of carbonyl (C=O) groups excluding carboxylic acids is 1. The SMILES string of the molecule is CN(C(=O)c1cn(C)nc1C(F)F)C1CN(c2ccc3nnc(C4CCC4)n3n2)C1. The van der Waals surface area contributed by atoms with Crippen LogP contribution in [0.3, 0.4) is 0 Å². The molecular formula is C19H22F2N8O. The van der Waals surface area contributed by atoms with Crippen LogP contribution in [0.15, 0.2) is 18.3 Å². The van der Waals surface area contributed by atoms with E-state index in [1.54, 1.807) is 7.05 Å². The van der Waals surface area contributed by atoms with Crippen molar-refractivity contribution in [1.29, 1.82) is 0 Å². The lowest BCUT2D eigenvalue weighted by Gasteiger charge is -2.44. The van der Waals surface area contributed by atoms with Crippen molar-refractivity contribution in [3.63, 3.8) is 0 Å². The predicted molar refractivity (Wildman–Crippen MR) is 104 cm³/mol. The number of fused-ring (bicyclic) bond motifs is 1. The molecule has 0 aromatic carbocycles.